The Hall–Kier alpha value is -0.120. The summed E-state index contributed by atoms with van der Waals surface area (Å²) in [7, 11) is 0. The Morgan fingerprint density at radius 2 is 2.06 bits per heavy atom. The molecule has 0 radical (unpaired) electrons. The van der Waals surface area contributed by atoms with Gasteiger partial charge in [0.05, 0.1) is 0 Å². The van der Waals surface area contributed by atoms with E-state index in [1.165, 1.54) is 25.7 Å². The molecule has 0 aliphatic heterocycles. The molecule has 1 rings (SSSR count). The van der Waals surface area contributed by atoms with Crippen LogP contribution in [0, 0.1) is 11.8 Å². The zero-order valence-corrected chi connectivity index (χ0v) is 10.7. The Labute approximate surface area is 100 Å². The standard InChI is InChI=1S/C13H28N2O/c1-12(10-14)4-2-7-15-8-3-9-16-11-13-5-6-13/h12-13,15H,2-11,14H2,1H3. The van der Waals surface area contributed by atoms with Crippen molar-refractivity contribution in [2.45, 2.75) is 39.0 Å². The maximum absolute atomic E-state index is 5.56. The quantitative estimate of drug-likeness (QED) is 0.530. The number of nitrogens with two attached hydrogens (primary N) is 1. The van der Waals surface area contributed by atoms with Crippen LogP contribution in [0.15, 0.2) is 0 Å². The first-order valence-corrected chi connectivity index (χ1v) is 6.81. The molecule has 0 spiro atoms. The molecule has 0 aromatic heterocycles. The highest BCUT2D eigenvalue weighted by Gasteiger charge is 2.20. The van der Waals surface area contributed by atoms with Crippen molar-refractivity contribution in [1.29, 1.82) is 0 Å². The van der Waals surface area contributed by atoms with Crippen LogP contribution in [0.25, 0.3) is 0 Å². The maximum atomic E-state index is 5.56. The van der Waals surface area contributed by atoms with Crippen molar-refractivity contribution < 1.29 is 4.74 Å². The number of ether oxygens (including phenoxy) is 1. The minimum absolute atomic E-state index is 0.670. The summed E-state index contributed by atoms with van der Waals surface area (Å²) >= 11 is 0. The van der Waals surface area contributed by atoms with Crippen molar-refractivity contribution in [2.75, 3.05) is 32.8 Å². The van der Waals surface area contributed by atoms with Crippen LogP contribution in [0.4, 0.5) is 0 Å². The van der Waals surface area contributed by atoms with Crippen LogP contribution >= 0.6 is 0 Å². The molecule has 1 saturated carbocycles. The summed E-state index contributed by atoms with van der Waals surface area (Å²) in [6, 6.07) is 0. The van der Waals surface area contributed by atoms with Gasteiger partial charge >= 0.3 is 0 Å². The van der Waals surface area contributed by atoms with E-state index in [-0.39, 0.29) is 0 Å². The topological polar surface area (TPSA) is 47.3 Å². The van der Waals surface area contributed by atoms with Gasteiger partial charge in [0, 0.05) is 13.2 Å². The van der Waals surface area contributed by atoms with E-state index in [1.54, 1.807) is 0 Å². The maximum Gasteiger partial charge on any atom is 0.0494 e. The molecular weight excluding hydrogens is 200 g/mol. The van der Waals surface area contributed by atoms with Gasteiger partial charge in [0.15, 0.2) is 0 Å². The third kappa shape index (κ3) is 8.08. The van der Waals surface area contributed by atoms with Crippen molar-refractivity contribution in [3.05, 3.63) is 0 Å². The van der Waals surface area contributed by atoms with E-state index in [9.17, 15) is 0 Å². The predicted octanol–water partition coefficient (Wildman–Crippen LogP) is 1.77. The van der Waals surface area contributed by atoms with Crippen molar-refractivity contribution in [3.63, 3.8) is 0 Å². The minimum Gasteiger partial charge on any atom is -0.381 e. The zero-order valence-electron chi connectivity index (χ0n) is 10.7. The molecule has 1 atom stereocenters. The molecule has 3 nitrogen and oxygen atoms in total. The van der Waals surface area contributed by atoms with Gasteiger partial charge < -0.3 is 15.8 Å². The van der Waals surface area contributed by atoms with Crippen LogP contribution in [-0.4, -0.2) is 32.8 Å². The zero-order chi connectivity index (χ0) is 11.6. The van der Waals surface area contributed by atoms with E-state index in [4.69, 9.17) is 10.5 Å². The van der Waals surface area contributed by atoms with E-state index < -0.39 is 0 Å². The monoisotopic (exact) mass is 228 g/mol. The fraction of sp³-hybridized carbons (Fsp3) is 1.00. The van der Waals surface area contributed by atoms with Crippen molar-refractivity contribution in [2.24, 2.45) is 17.6 Å². The van der Waals surface area contributed by atoms with Gasteiger partial charge in [0.1, 0.15) is 0 Å². The molecule has 0 heterocycles. The molecule has 1 aliphatic rings. The summed E-state index contributed by atoms with van der Waals surface area (Å²) in [4.78, 5) is 0. The van der Waals surface area contributed by atoms with Crippen LogP contribution in [0.5, 0.6) is 0 Å². The average molecular weight is 228 g/mol. The molecule has 1 unspecified atom stereocenters. The molecule has 96 valence electrons. The van der Waals surface area contributed by atoms with Gasteiger partial charge in [-0.15, -0.1) is 0 Å². The second kappa shape index (κ2) is 8.97. The summed E-state index contributed by atoms with van der Waals surface area (Å²) in [6.07, 6.45) is 6.39. The summed E-state index contributed by atoms with van der Waals surface area (Å²) in [5, 5.41) is 3.45. The SMILES string of the molecule is CC(CN)CCCNCCCOCC1CC1. The van der Waals surface area contributed by atoms with E-state index in [2.05, 4.69) is 12.2 Å². The lowest BCUT2D eigenvalue weighted by Gasteiger charge is -2.08. The highest BCUT2D eigenvalue weighted by Crippen LogP contribution is 2.28. The number of hydrogen-bond acceptors (Lipinski definition) is 3. The normalized spacial score (nSPS) is 17.6. The van der Waals surface area contributed by atoms with E-state index in [1.807, 2.05) is 0 Å². The Morgan fingerprint density at radius 1 is 1.31 bits per heavy atom. The largest absolute Gasteiger partial charge is 0.381 e. The smallest absolute Gasteiger partial charge is 0.0494 e. The van der Waals surface area contributed by atoms with Crippen LogP contribution in [0.3, 0.4) is 0 Å². The number of rotatable bonds is 11. The van der Waals surface area contributed by atoms with Gasteiger partial charge in [-0.2, -0.15) is 0 Å². The van der Waals surface area contributed by atoms with Crippen LogP contribution in [0.1, 0.15) is 39.0 Å². The first-order valence-electron chi connectivity index (χ1n) is 6.81. The molecule has 16 heavy (non-hydrogen) atoms. The molecule has 3 N–H and O–H groups in total. The summed E-state index contributed by atoms with van der Waals surface area (Å²) in [6.45, 7) is 7.14. The highest BCUT2D eigenvalue weighted by molar-refractivity contribution is 4.71. The second-order valence-electron chi connectivity index (χ2n) is 5.10. The average Bonchev–Trinajstić information content (AvgIpc) is 3.10. The van der Waals surface area contributed by atoms with E-state index in [0.717, 1.165) is 45.2 Å². The first kappa shape index (κ1) is 13.9. The summed E-state index contributed by atoms with van der Waals surface area (Å²) in [5.41, 5.74) is 5.56. The van der Waals surface area contributed by atoms with Crippen LogP contribution < -0.4 is 11.1 Å². The van der Waals surface area contributed by atoms with Crippen LogP contribution in [-0.2, 0) is 4.74 Å². The van der Waals surface area contributed by atoms with Gasteiger partial charge in [-0.25, -0.2) is 0 Å². The minimum atomic E-state index is 0.670. The third-order valence-electron chi connectivity index (χ3n) is 3.15. The van der Waals surface area contributed by atoms with Crippen LogP contribution in [0.2, 0.25) is 0 Å². The fourth-order valence-electron chi connectivity index (χ4n) is 1.65. The summed E-state index contributed by atoms with van der Waals surface area (Å²) in [5.74, 6) is 1.56. The summed E-state index contributed by atoms with van der Waals surface area (Å²) < 4.78 is 5.56. The highest BCUT2D eigenvalue weighted by atomic mass is 16.5. The van der Waals surface area contributed by atoms with Gasteiger partial charge in [-0.1, -0.05) is 6.92 Å². The van der Waals surface area contributed by atoms with Crippen molar-refractivity contribution in [3.8, 4) is 0 Å². The molecule has 0 aromatic carbocycles. The predicted molar refractivity (Wildman–Crippen MR) is 68.5 cm³/mol. The lowest BCUT2D eigenvalue weighted by Crippen LogP contribution is -2.20. The number of hydrogen-bond donors (Lipinski definition) is 2. The van der Waals surface area contributed by atoms with Gasteiger partial charge in [-0.3, -0.25) is 0 Å². The molecule has 0 aromatic rings. The van der Waals surface area contributed by atoms with Crippen molar-refractivity contribution in [1.82, 2.24) is 5.32 Å². The lowest BCUT2D eigenvalue weighted by atomic mass is 10.1. The lowest BCUT2D eigenvalue weighted by molar-refractivity contribution is 0.122. The molecule has 3 heteroatoms. The van der Waals surface area contributed by atoms with Gasteiger partial charge in [0.25, 0.3) is 0 Å². The molecule has 0 amide bonds. The first-order chi connectivity index (χ1) is 7.83. The van der Waals surface area contributed by atoms with Gasteiger partial charge in [0.2, 0.25) is 0 Å². The fourth-order valence-corrected chi connectivity index (χ4v) is 1.65. The third-order valence-corrected chi connectivity index (χ3v) is 3.15. The number of nitrogens with one attached hydrogen (secondary N) is 1. The Kier molecular flexibility index (Phi) is 7.81. The Balaban J connectivity index is 1.67. The molecule has 0 saturated heterocycles. The van der Waals surface area contributed by atoms with E-state index in [0.29, 0.717) is 5.92 Å². The molecule has 1 fully saturated rings. The van der Waals surface area contributed by atoms with Crippen molar-refractivity contribution >= 4 is 0 Å². The molecule has 0 bridgehead atoms. The molecular formula is C13H28N2O. The second-order valence-corrected chi connectivity index (χ2v) is 5.10. The Morgan fingerprint density at radius 3 is 2.75 bits per heavy atom. The molecule has 1 aliphatic carbocycles. The van der Waals surface area contributed by atoms with E-state index >= 15 is 0 Å². The Bertz CT molecular complexity index is 160. The van der Waals surface area contributed by atoms with Gasteiger partial charge in [-0.05, 0) is 63.6 Å².